The second-order valence-electron chi connectivity index (χ2n) is 8.92. The van der Waals surface area contributed by atoms with Crippen molar-refractivity contribution in [2.24, 2.45) is 5.92 Å². The maximum Gasteiger partial charge on any atom is 0.326 e. The highest BCUT2D eigenvalue weighted by Gasteiger charge is 2.30. The fourth-order valence-electron chi connectivity index (χ4n) is 4.47. The molecule has 1 unspecified atom stereocenters. The van der Waals surface area contributed by atoms with Gasteiger partial charge < -0.3 is 25.2 Å². The molecule has 32 heavy (non-hydrogen) atoms. The molecule has 1 atom stereocenters. The molecule has 176 valence electrons. The molecular formula is C23H34N4O5. The number of carbonyl (C=O) groups excluding carboxylic acids is 1. The number of aliphatic carboxylic acids is 1. The summed E-state index contributed by atoms with van der Waals surface area (Å²) in [5.41, 5.74) is 2.33. The van der Waals surface area contributed by atoms with Gasteiger partial charge in [0, 0.05) is 57.4 Å². The van der Waals surface area contributed by atoms with Gasteiger partial charge in [0.1, 0.15) is 11.9 Å². The normalized spacial score (nSPS) is 20.6. The number of aryl methyl sites for hydroxylation is 1. The lowest BCUT2D eigenvalue weighted by atomic mass is 9.98. The van der Waals surface area contributed by atoms with Gasteiger partial charge in [0.15, 0.2) is 0 Å². The first kappa shape index (κ1) is 22.9. The largest absolute Gasteiger partial charge is 0.480 e. The Balaban J connectivity index is 1.12. The van der Waals surface area contributed by atoms with Crippen LogP contribution in [0.3, 0.4) is 0 Å². The average Bonchev–Trinajstić information content (AvgIpc) is 2.79. The van der Waals surface area contributed by atoms with Crippen LogP contribution < -0.4 is 10.6 Å². The molecule has 4 heterocycles. The molecule has 2 fully saturated rings. The van der Waals surface area contributed by atoms with E-state index >= 15 is 0 Å². The van der Waals surface area contributed by atoms with Gasteiger partial charge in [-0.1, -0.05) is 6.07 Å². The van der Waals surface area contributed by atoms with Crippen molar-refractivity contribution in [2.75, 3.05) is 51.3 Å². The summed E-state index contributed by atoms with van der Waals surface area (Å²) in [6.07, 6.45) is 4.90. The maximum atomic E-state index is 12.3. The van der Waals surface area contributed by atoms with Crippen LogP contribution in [0, 0.1) is 5.92 Å². The van der Waals surface area contributed by atoms with Gasteiger partial charge in [-0.05, 0) is 43.7 Å². The fraction of sp³-hybridized carbons (Fsp3) is 0.696. The molecule has 0 spiro atoms. The number of carboxylic acids is 1. The standard InChI is InChI=1S/C23H34N4O5/c28-22(17-6-11-31-12-7-17)26-20(23(29)30)5-10-27-14-19(15-27)32-13-8-18-4-3-16-2-1-9-24-21(16)25-18/h3-4,17,19-20H,1-2,5-15H2,(H,24,25)(H,26,28)(H,29,30). The van der Waals surface area contributed by atoms with Crippen LogP contribution >= 0.6 is 0 Å². The van der Waals surface area contributed by atoms with Gasteiger partial charge in [0.25, 0.3) is 0 Å². The number of anilines is 1. The molecule has 1 aromatic rings. The van der Waals surface area contributed by atoms with Gasteiger partial charge in [-0.2, -0.15) is 0 Å². The average molecular weight is 447 g/mol. The molecule has 9 heteroatoms. The number of aromatic nitrogens is 1. The van der Waals surface area contributed by atoms with Gasteiger partial charge in [-0.3, -0.25) is 9.69 Å². The zero-order valence-electron chi connectivity index (χ0n) is 18.6. The minimum absolute atomic E-state index is 0.146. The molecule has 2 saturated heterocycles. The number of ether oxygens (including phenoxy) is 2. The Morgan fingerprint density at radius 3 is 2.91 bits per heavy atom. The van der Waals surface area contributed by atoms with E-state index in [2.05, 4.69) is 27.7 Å². The molecule has 3 aliphatic rings. The molecule has 0 radical (unpaired) electrons. The van der Waals surface area contributed by atoms with E-state index in [0.29, 0.717) is 45.6 Å². The van der Waals surface area contributed by atoms with Crippen molar-refractivity contribution < 1.29 is 24.2 Å². The van der Waals surface area contributed by atoms with E-state index in [1.165, 1.54) is 5.56 Å². The molecule has 4 rings (SSSR count). The number of hydrogen-bond donors (Lipinski definition) is 3. The van der Waals surface area contributed by atoms with Crippen molar-refractivity contribution in [3.8, 4) is 0 Å². The number of fused-ring (bicyclic) bond motifs is 1. The van der Waals surface area contributed by atoms with E-state index in [1.54, 1.807) is 0 Å². The monoisotopic (exact) mass is 446 g/mol. The molecule has 3 aliphatic heterocycles. The summed E-state index contributed by atoms with van der Waals surface area (Å²) in [6.45, 7) is 4.94. The van der Waals surface area contributed by atoms with Crippen LogP contribution in [0.2, 0.25) is 0 Å². The maximum absolute atomic E-state index is 12.3. The van der Waals surface area contributed by atoms with Crippen molar-refractivity contribution >= 4 is 17.7 Å². The third-order valence-electron chi connectivity index (χ3n) is 6.53. The summed E-state index contributed by atoms with van der Waals surface area (Å²) in [5, 5.41) is 15.6. The first-order valence-corrected chi connectivity index (χ1v) is 11.8. The Morgan fingerprint density at radius 1 is 1.31 bits per heavy atom. The number of carbonyl (C=O) groups is 2. The summed E-state index contributed by atoms with van der Waals surface area (Å²) in [7, 11) is 0. The highest BCUT2D eigenvalue weighted by Crippen LogP contribution is 2.20. The molecule has 1 amide bonds. The van der Waals surface area contributed by atoms with Crippen molar-refractivity contribution in [1.29, 1.82) is 0 Å². The van der Waals surface area contributed by atoms with Crippen molar-refractivity contribution in [1.82, 2.24) is 15.2 Å². The van der Waals surface area contributed by atoms with Crippen molar-refractivity contribution in [2.45, 2.75) is 50.7 Å². The fourth-order valence-corrected chi connectivity index (χ4v) is 4.47. The number of likely N-dealkylation sites (tertiary alicyclic amines) is 1. The Morgan fingerprint density at radius 2 is 2.12 bits per heavy atom. The minimum Gasteiger partial charge on any atom is -0.480 e. The van der Waals surface area contributed by atoms with E-state index in [9.17, 15) is 14.7 Å². The lowest BCUT2D eigenvalue weighted by molar-refractivity contribution is -0.143. The first-order valence-electron chi connectivity index (χ1n) is 11.8. The second-order valence-corrected chi connectivity index (χ2v) is 8.92. The van der Waals surface area contributed by atoms with Gasteiger partial charge >= 0.3 is 5.97 Å². The lowest BCUT2D eigenvalue weighted by Crippen LogP contribution is -2.54. The zero-order valence-corrected chi connectivity index (χ0v) is 18.6. The number of nitrogens with one attached hydrogen (secondary N) is 2. The number of nitrogens with zero attached hydrogens (tertiary/aromatic N) is 2. The van der Waals surface area contributed by atoms with Crippen molar-refractivity contribution in [3.05, 3.63) is 23.4 Å². The summed E-state index contributed by atoms with van der Waals surface area (Å²) in [5.74, 6) is -0.282. The van der Waals surface area contributed by atoms with Crippen LogP contribution in [0.4, 0.5) is 5.82 Å². The van der Waals surface area contributed by atoms with Crippen LogP contribution in [0.15, 0.2) is 12.1 Å². The lowest BCUT2D eigenvalue weighted by Gasteiger charge is -2.39. The van der Waals surface area contributed by atoms with Crippen LogP contribution in [0.1, 0.15) is 36.9 Å². The third-order valence-corrected chi connectivity index (χ3v) is 6.53. The summed E-state index contributed by atoms with van der Waals surface area (Å²) < 4.78 is 11.2. The molecule has 3 N–H and O–H groups in total. The van der Waals surface area contributed by atoms with E-state index in [1.807, 2.05) is 0 Å². The minimum atomic E-state index is -0.981. The Labute approximate surface area is 188 Å². The number of amides is 1. The summed E-state index contributed by atoms with van der Waals surface area (Å²) in [4.78, 5) is 30.8. The topological polar surface area (TPSA) is 113 Å². The molecule has 0 saturated carbocycles. The highest BCUT2D eigenvalue weighted by molar-refractivity contribution is 5.85. The number of pyridine rings is 1. The zero-order chi connectivity index (χ0) is 22.3. The predicted molar refractivity (Wildman–Crippen MR) is 119 cm³/mol. The van der Waals surface area contributed by atoms with Crippen LogP contribution in [0.5, 0.6) is 0 Å². The third kappa shape index (κ3) is 6.17. The van der Waals surface area contributed by atoms with E-state index in [-0.39, 0.29) is 17.9 Å². The SMILES string of the molecule is O=C(NC(CCN1CC(OCCc2ccc3c(n2)NCCC3)C1)C(=O)O)C1CCOCC1. The molecule has 0 aliphatic carbocycles. The van der Waals surface area contributed by atoms with E-state index in [0.717, 1.165) is 50.4 Å². The smallest absolute Gasteiger partial charge is 0.326 e. The van der Waals surface area contributed by atoms with Crippen LogP contribution in [-0.4, -0.2) is 85.0 Å². The van der Waals surface area contributed by atoms with E-state index < -0.39 is 12.0 Å². The van der Waals surface area contributed by atoms with Gasteiger partial charge in [-0.15, -0.1) is 0 Å². The second kappa shape index (κ2) is 11.1. The summed E-state index contributed by atoms with van der Waals surface area (Å²) >= 11 is 0. The number of hydrogen-bond acceptors (Lipinski definition) is 7. The number of carboxylic acid groups (broad SMARTS) is 1. The number of rotatable bonds is 10. The Hall–Kier alpha value is -2.23. The van der Waals surface area contributed by atoms with E-state index in [4.69, 9.17) is 14.5 Å². The van der Waals surface area contributed by atoms with Gasteiger partial charge in [-0.25, -0.2) is 9.78 Å². The van der Waals surface area contributed by atoms with Gasteiger partial charge in [0.2, 0.25) is 5.91 Å². The van der Waals surface area contributed by atoms with Crippen molar-refractivity contribution in [3.63, 3.8) is 0 Å². The molecule has 9 nitrogen and oxygen atoms in total. The predicted octanol–water partition coefficient (Wildman–Crippen LogP) is 1.07. The molecule has 0 aromatic carbocycles. The first-order chi connectivity index (χ1) is 15.6. The molecule has 1 aromatic heterocycles. The Bertz CT molecular complexity index is 793. The summed E-state index contributed by atoms with van der Waals surface area (Å²) in [6, 6.07) is 3.39. The molecular weight excluding hydrogens is 412 g/mol. The van der Waals surface area contributed by atoms with Crippen LogP contribution in [-0.2, 0) is 31.9 Å². The van der Waals surface area contributed by atoms with Crippen LogP contribution in [0.25, 0.3) is 0 Å². The Kier molecular flexibility index (Phi) is 7.94. The van der Waals surface area contributed by atoms with Gasteiger partial charge in [0.05, 0.1) is 12.7 Å². The highest BCUT2D eigenvalue weighted by atomic mass is 16.5. The quantitative estimate of drug-likeness (QED) is 0.489. The molecule has 0 bridgehead atoms.